The minimum atomic E-state index is 0.0251. The van der Waals surface area contributed by atoms with Gasteiger partial charge in [-0.1, -0.05) is 12.1 Å². The number of hydrogen-bond donors (Lipinski definition) is 1. The maximum Gasteiger partial charge on any atom is 0.216 e. The fourth-order valence-electron chi connectivity index (χ4n) is 5.20. The van der Waals surface area contributed by atoms with Crippen LogP contribution in [-0.4, -0.2) is 62.4 Å². The van der Waals surface area contributed by atoms with Crippen molar-refractivity contribution in [3.05, 3.63) is 24.3 Å². The van der Waals surface area contributed by atoms with Gasteiger partial charge in [-0.05, 0) is 31.4 Å². The minimum absolute atomic E-state index is 0.0251. The van der Waals surface area contributed by atoms with Crippen LogP contribution in [0.25, 0.3) is 0 Å². The van der Waals surface area contributed by atoms with E-state index in [1.54, 1.807) is 14.0 Å². The number of likely N-dealkylation sites (tertiary alicyclic amines) is 1. The molecule has 2 bridgehead atoms. The summed E-state index contributed by atoms with van der Waals surface area (Å²) in [5, 5.41) is 3.01. The highest BCUT2D eigenvalue weighted by Crippen LogP contribution is 2.54. The van der Waals surface area contributed by atoms with Crippen LogP contribution < -0.4 is 14.8 Å². The van der Waals surface area contributed by atoms with E-state index in [-0.39, 0.29) is 11.5 Å². The molecule has 3 saturated heterocycles. The Kier molecular flexibility index (Phi) is 5.28. The molecule has 1 aromatic carbocycles. The molecule has 27 heavy (non-hydrogen) atoms. The first-order chi connectivity index (χ1) is 13.1. The highest BCUT2D eigenvalue weighted by atomic mass is 16.5. The van der Waals surface area contributed by atoms with Crippen LogP contribution in [0.1, 0.15) is 26.2 Å². The zero-order chi connectivity index (χ0) is 18.9. The van der Waals surface area contributed by atoms with Gasteiger partial charge in [0.15, 0.2) is 11.5 Å². The number of carbonyl (C=O) groups is 1. The molecule has 1 amide bonds. The van der Waals surface area contributed by atoms with E-state index in [0.29, 0.717) is 24.5 Å². The van der Waals surface area contributed by atoms with Gasteiger partial charge in [0.1, 0.15) is 0 Å². The molecular formula is C21H30N2O4. The van der Waals surface area contributed by atoms with Crippen molar-refractivity contribution >= 4 is 5.91 Å². The van der Waals surface area contributed by atoms with E-state index in [1.165, 1.54) is 0 Å². The Morgan fingerprint density at radius 3 is 2.96 bits per heavy atom. The number of fused-ring (bicyclic) bond motifs is 1. The molecule has 0 unspecified atom stereocenters. The molecule has 1 spiro atoms. The van der Waals surface area contributed by atoms with Crippen molar-refractivity contribution in [3.63, 3.8) is 0 Å². The zero-order valence-corrected chi connectivity index (χ0v) is 16.3. The van der Waals surface area contributed by atoms with Crippen molar-refractivity contribution in [1.82, 2.24) is 10.2 Å². The smallest absolute Gasteiger partial charge is 0.216 e. The van der Waals surface area contributed by atoms with Gasteiger partial charge in [-0.15, -0.1) is 0 Å². The van der Waals surface area contributed by atoms with E-state index in [0.717, 1.165) is 56.9 Å². The fraction of sp³-hybridized carbons (Fsp3) is 0.667. The lowest BCUT2D eigenvalue weighted by atomic mass is 9.73. The van der Waals surface area contributed by atoms with Gasteiger partial charge >= 0.3 is 0 Å². The van der Waals surface area contributed by atoms with Crippen LogP contribution in [-0.2, 0) is 9.53 Å². The van der Waals surface area contributed by atoms with Gasteiger partial charge in [0.25, 0.3) is 0 Å². The number of methoxy groups -OCH3 is 1. The van der Waals surface area contributed by atoms with Crippen molar-refractivity contribution in [1.29, 1.82) is 0 Å². The molecule has 4 rings (SSSR count). The largest absolute Gasteiger partial charge is 0.493 e. The van der Waals surface area contributed by atoms with Crippen LogP contribution in [0.5, 0.6) is 11.5 Å². The maximum atomic E-state index is 11.3. The summed E-state index contributed by atoms with van der Waals surface area (Å²) < 4.78 is 17.6. The third-order valence-electron chi connectivity index (χ3n) is 6.39. The van der Waals surface area contributed by atoms with Crippen molar-refractivity contribution in [2.24, 2.45) is 11.8 Å². The van der Waals surface area contributed by atoms with E-state index >= 15 is 0 Å². The Morgan fingerprint density at radius 1 is 1.37 bits per heavy atom. The van der Waals surface area contributed by atoms with Crippen LogP contribution in [0, 0.1) is 11.8 Å². The molecule has 3 aliphatic rings. The predicted octanol–water partition coefficient (Wildman–Crippen LogP) is 2.08. The Balaban J connectivity index is 1.26. The first-order valence-corrected chi connectivity index (χ1v) is 10.0. The molecular weight excluding hydrogens is 344 g/mol. The van der Waals surface area contributed by atoms with Crippen LogP contribution in [0.4, 0.5) is 0 Å². The van der Waals surface area contributed by atoms with Gasteiger partial charge in [-0.2, -0.15) is 0 Å². The molecule has 3 heterocycles. The molecule has 4 atom stereocenters. The third-order valence-corrected chi connectivity index (χ3v) is 6.39. The molecule has 3 fully saturated rings. The normalized spacial score (nSPS) is 31.7. The lowest BCUT2D eigenvalue weighted by molar-refractivity contribution is -0.119. The minimum Gasteiger partial charge on any atom is -0.493 e. The molecule has 0 aliphatic carbocycles. The second-order valence-electron chi connectivity index (χ2n) is 8.06. The average Bonchev–Trinajstić information content (AvgIpc) is 3.31. The van der Waals surface area contributed by atoms with Crippen LogP contribution in [0.3, 0.4) is 0 Å². The number of rotatable bonds is 8. The van der Waals surface area contributed by atoms with Gasteiger partial charge in [0.2, 0.25) is 5.91 Å². The van der Waals surface area contributed by atoms with Crippen LogP contribution in [0.2, 0.25) is 0 Å². The van der Waals surface area contributed by atoms with E-state index < -0.39 is 0 Å². The molecule has 6 heteroatoms. The Labute approximate surface area is 161 Å². The summed E-state index contributed by atoms with van der Waals surface area (Å²) in [4.78, 5) is 13.8. The number of amides is 1. The average molecular weight is 374 g/mol. The lowest BCUT2D eigenvalue weighted by Gasteiger charge is -2.29. The molecule has 0 aromatic heterocycles. The number of hydrogen-bond acceptors (Lipinski definition) is 5. The summed E-state index contributed by atoms with van der Waals surface area (Å²) in [5.41, 5.74) is 0.0251. The summed E-state index contributed by atoms with van der Waals surface area (Å²) >= 11 is 0. The fourth-order valence-corrected chi connectivity index (χ4v) is 5.20. The Hall–Kier alpha value is -1.79. The zero-order valence-electron chi connectivity index (χ0n) is 16.3. The first-order valence-electron chi connectivity index (χ1n) is 10.0. The highest BCUT2D eigenvalue weighted by Gasteiger charge is 2.62. The first kappa shape index (κ1) is 18.6. The van der Waals surface area contributed by atoms with Crippen molar-refractivity contribution in [3.8, 4) is 11.5 Å². The number of benzene rings is 1. The summed E-state index contributed by atoms with van der Waals surface area (Å²) in [5.74, 6) is 2.62. The molecule has 6 nitrogen and oxygen atoms in total. The quantitative estimate of drug-likeness (QED) is 0.706. The predicted molar refractivity (Wildman–Crippen MR) is 102 cm³/mol. The van der Waals surface area contributed by atoms with Gasteiger partial charge in [0.05, 0.1) is 25.4 Å². The van der Waals surface area contributed by atoms with E-state index in [2.05, 4.69) is 10.2 Å². The van der Waals surface area contributed by atoms with Crippen molar-refractivity contribution < 1.29 is 19.0 Å². The van der Waals surface area contributed by atoms with Gasteiger partial charge < -0.3 is 19.5 Å². The maximum absolute atomic E-state index is 11.3. The summed E-state index contributed by atoms with van der Waals surface area (Å²) in [6, 6.07) is 7.76. The molecule has 148 valence electrons. The van der Waals surface area contributed by atoms with Gasteiger partial charge in [-0.25, -0.2) is 0 Å². The van der Waals surface area contributed by atoms with E-state index in [1.807, 2.05) is 24.3 Å². The van der Waals surface area contributed by atoms with E-state index in [4.69, 9.17) is 14.2 Å². The summed E-state index contributed by atoms with van der Waals surface area (Å²) in [6.07, 6.45) is 3.59. The van der Waals surface area contributed by atoms with Crippen LogP contribution in [0.15, 0.2) is 24.3 Å². The SMILES string of the molecule is COc1ccccc1OCCCN1C[C@@H]2[C@H](CNC(C)=O)[C@H]3CC[C@]2(C1)O3. The lowest BCUT2D eigenvalue weighted by Crippen LogP contribution is -2.41. The van der Waals surface area contributed by atoms with Crippen molar-refractivity contribution in [2.45, 2.75) is 37.9 Å². The molecule has 1 N–H and O–H groups in total. The molecule has 1 aromatic rings. The number of para-hydroxylation sites is 2. The standard InChI is InChI=1S/C21H30N2O4/c1-15(24)22-12-16-17-13-23(14-21(17)9-8-18(16)27-21)10-5-11-26-20-7-4-3-6-19(20)25-2/h3-4,6-7,16-18H,5,8-14H2,1-2H3,(H,22,24)/t16-,17+,18+,21+/m0/s1. The number of nitrogens with zero attached hydrogens (tertiary/aromatic N) is 1. The van der Waals surface area contributed by atoms with Crippen molar-refractivity contribution in [2.75, 3.05) is 39.9 Å². The second-order valence-corrected chi connectivity index (χ2v) is 8.06. The molecule has 3 aliphatic heterocycles. The number of nitrogens with one attached hydrogen (secondary N) is 1. The third kappa shape index (κ3) is 3.65. The Morgan fingerprint density at radius 2 is 2.19 bits per heavy atom. The second kappa shape index (κ2) is 7.68. The van der Waals surface area contributed by atoms with Gasteiger partial charge in [-0.3, -0.25) is 9.69 Å². The summed E-state index contributed by atoms with van der Waals surface area (Å²) in [7, 11) is 1.66. The summed E-state index contributed by atoms with van der Waals surface area (Å²) in [6.45, 7) is 6.10. The Bertz CT molecular complexity index is 682. The number of carbonyl (C=O) groups excluding carboxylic acids is 1. The molecule has 0 saturated carbocycles. The van der Waals surface area contributed by atoms with E-state index in [9.17, 15) is 4.79 Å². The van der Waals surface area contributed by atoms with Gasteiger partial charge in [0, 0.05) is 44.9 Å². The monoisotopic (exact) mass is 374 g/mol. The topological polar surface area (TPSA) is 60.0 Å². The number of ether oxygens (including phenoxy) is 3. The molecule has 0 radical (unpaired) electrons. The van der Waals surface area contributed by atoms with Crippen LogP contribution >= 0.6 is 0 Å². The highest BCUT2D eigenvalue weighted by molar-refractivity contribution is 5.72.